The second-order valence-corrected chi connectivity index (χ2v) is 5.49. The molecule has 0 fully saturated rings. The molecule has 0 aliphatic heterocycles. The van der Waals surface area contributed by atoms with Gasteiger partial charge < -0.3 is 14.8 Å². The Morgan fingerprint density at radius 1 is 1.28 bits per heavy atom. The van der Waals surface area contributed by atoms with E-state index in [0.717, 1.165) is 26.0 Å². The van der Waals surface area contributed by atoms with Crippen LogP contribution in [0.15, 0.2) is 12.1 Å². The SMILES string of the molecule is CCc1ccc(C(C)NCCCOCCOC)s1. The average Bonchev–Trinajstić information content (AvgIpc) is 2.86. The van der Waals surface area contributed by atoms with Crippen LogP contribution in [0.25, 0.3) is 0 Å². The third-order valence-corrected chi connectivity index (χ3v) is 4.22. The average molecular weight is 271 g/mol. The topological polar surface area (TPSA) is 30.5 Å². The lowest BCUT2D eigenvalue weighted by molar-refractivity contribution is 0.0693. The highest BCUT2D eigenvalue weighted by Crippen LogP contribution is 2.23. The standard InChI is InChI=1S/C14H25NO2S/c1-4-13-6-7-14(18-13)12(2)15-8-5-9-17-11-10-16-3/h6-7,12,15H,4-5,8-11H2,1-3H3. The first-order chi connectivity index (χ1) is 8.77. The quantitative estimate of drug-likeness (QED) is 0.664. The molecule has 0 radical (unpaired) electrons. The van der Waals surface area contributed by atoms with Crippen LogP contribution in [0.3, 0.4) is 0 Å². The monoisotopic (exact) mass is 271 g/mol. The Balaban J connectivity index is 2.08. The summed E-state index contributed by atoms with van der Waals surface area (Å²) in [6.07, 6.45) is 2.17. The van der Waals surface area contributed by atoms with E-state index in [0.29, 0.717) is 19.3 Å². The molecule has 0 aromatic carbocycles. The molecule has 104 valence electrons. The Hall–Kier alpha value is -0.420. The maximum absolute atomic E-state index is 5.42. The summed E-state index contributed by atoms with van der Waals surface area (Å²) in [4.78, 5) is 2.88. The maximum Gasteiger partial charge on any atom is 0.0700 e. The lowest BCUT2D eigenvalue weighted by Gasteiger charge is -2.12. The summed E-state index contributed by atoms with van der Waals surface area (Å²) >= 11 is 1.91. The Morgan fingerprint density at radius 3 is 2.78 bits per heavy atom. The number of nitrogens with one attached hydrogen (secondary N) is 1. The molecule has 0 spiro atoms. The number of thiophene rings is 1. The summed E-state index contributed by atoms with van der Waals surface area (Å²) in [6.45, 7) is 7.58. The van der Waals surface area contributed by atoms with Crippen LogP contribution < -0.4 is 5.32 Å². The molecule has 0 aliphatic rings. The molecule has 0 aliphatic carbocycles. The zero-order chi connectivity index (χ0) is 13.2. The summed E-state index contributed by atoms with van der Waals surface area (Å²) in [6, 6.07) is 4.90. The first kappa shape index (κ1) is 15.6. The molecule has 18 heavy (non-hydrogen) atoms. The van der Waals surface area contributed by atoms with Gasteiger partial charge in [0, 0.05) is 29.5 Å². The van der Waals surface area contributed by atoms with Crippen LogP contribution in [0.4, 0.5) is 0 Å². The third kappa shape index (κ3) is 5.96. The van der Waals surface area contributed by atoms with Crippen molar-refractivity contribution < 1.29 is 9.47 Å². The van der Waals surface area contributed by atoms with Gasteiger partial charge in [-0.2, -0.15) is 0 Å². The van der Waals surface area contributed by atoms with Gasteiger partial charge in [0.2, 0.25) is 0 Å². The highest BCUT2D eigenvalue weighted by molar-refractivity contribution is 7.12. The van der Waals surface area contributed by atoms with Crippen molar-refractivity contribution >= 4 is 11.3 Å². The first-order valence-electron chi connectivity index (χ1n) is 6.66. The summed E-state index contributed by atoms with van der Waals surface area (Å²) in [5, 5.41) is 3.53. The van der Waals surface area contributed by atoms with E-state index in [4.69, 9.17) is 9.47 Å². The Labute approximate surface area is 114 Å². The number of ether oxygens (including phenoxy) is 2. The zero-order valence-corrected chi connectivity index (χ0v) is 12.5. The predicted octanol–water partition coefficient (Wildman–Crippen LogP) is 3.01. The van der Waals surface area contributed by atoms with Crippen molar-refractivity contribution in [2.24, 2.45) is 0 Å². The minimum Gasteiger partial charge on any atom is -0.382 e. The molecule has 3 nitrogen and oxygen atoms in total. The van der Waals surface area contributed by atoms with Crippen LogP contribution >= 0.6 is 11.3 Å². The van der Waals surface area contributed by atoms with Crippen molar-refractivity contribution in [3.05, 3.63) is 21.9 Å². The van der Waals surface area contributed by atoms with E-state index in [1.54, 1.807) is 7.11 Å². The van der Waals surface area contributed by atoms with Gasteiger partial charge >= 0.3 is 0 Å². The molecular formula is C14H25NO2S. The van der Waals surface area contributed by atoms with Crippen LogP contribution in [0, 0.1) is 0 Å². The first-order valence-corrected chi connectivity index (χ1v) is 7.48. The van der Waals surface area contributed by atoms with Crippen LogP contribution in [0.5, 0.6) is 0 Å². The molecule has 0 saturated heterocycles. The number of hydrogen-bond donors (Lipinski definition) is 1. The van der Waals surface area contributed by atoms with E-state index < -0.39 is 0 Å². The van der Waals surface area contributed by atoms with Crippen molar-refractivity contribution in [1.82, 2.24) is 5.32 Å². The predicted molar refractivity (Wildman–Crippen MR) is 77.4 cm³/mol. The molecule has 0 amide bonds. The normalized spacial score (nSPS) is 12.8. The van der Waals surface area contributed by atoms with Crippen molar-refractivity contribution in [2.45, 2.75) is 32.7 Å². The van der Waals surface area contributed by atoms with Crippen molar-refractivity contribution in [2.75, 3.05) is 33.5 Å². The Morgan fingerprint density at radius 2 is 2.11 bits per heavy atom. The molecule has 1 atom stereocenters. The van der Waals surface area contributed by atoms with Crippen LogP contribution in [0.2, 0.25) is 0 Å². The van der Waals surface area contributed by atoms with Crippen molar-refractivity contribution in [3.8, 4) is 0 Å². The summed E-state index contributed by atoms with van der Waals surface area (Å²) in [5.41, 5.74) is 0. The molecule has 1 rings (SSSR count). The molecule has 0 saturated carbocycles. The summed E-state index contributed by atoms with van der Waals surface area (Å²) in [7, 11) is 1.69. The maximum atomic E-state index is 5.42. The van der Waals surface area contributed by atoms with Crippen LogP contribution in [-0.4, -0.2) is 33.5 Å². The number of rotatable bonds is 10. The Bertz CT molecular complexity index is 314. The smallest absolute Gasteiger partial charge is 0.0700 e. The van der Waals surface area contributed by atoms with Gasteiger partial charge in [0.1, 0.15) is 0 Å². The number of aryl methyl sites for hydroxylation is 1. The summed E-state index contributed by atoms with van der Waals surface area (Å²) in [5.74, 6) is 0. The second kappa shape index (κ2) is 9.50. The van der Waals surface area contributed by atoms with Crippen molar-refractivity contribution in [3.63, 3.8) is 0 Å². The van der Waals surface area contributed by atoms with E-state index >= 15 is 0 Å². The third-order valence-electron chi connectivity index (χ3n) is 2.81. The van der Waals surface area contributed by atoms with Gasteiger partial charge in [-0.15, -0.1) is 11.3 Å². The van der Waals surface area contributed by atoms with Gasteiger partial charge in [-0.05, 0) is 38.4 Å². The fourth-order valence-corrected chi connectivity index (χ4v) is 2.63. The molecule has 0 bridgehead atoms. The molecule has 4 heteroatoms. The number of hydrogen-bond acceptors (Lipinski definition) is 4. The van der Waals surface area contributed by atoms with Gasteiger partial charge in [0.25, 0.3) is 0 Å². The highest BCUT2D eigenvalue weighted by Gasteiger charge is 2.06. The molecule has 1 aromatic rings. The zero-order valence-electron chi connectivity index (χ0n) is 11.7. The van der Waals surface area contributed by atoms with Gasteiger partial charge in [-0.1, -0.05) is 6.92 Å². The van der Waals surface area contributed by atoms with Gasteiger partial charge in [-0.3, -0.25) is 0 Å². The lowest BCUT2D eigenvalue weighted by Crippen LogP contribution is -2.20. The molecule has 1 heterocycles. The van der Waals surface area contributed by atoms with E-state index in [1.807, 2.05) is 11.3 Å². The number of methoxy groups -OCH3 is 1. The molecule has 1 unspecified atom stereocenters. The minimum absolute atomic E-state index is 0.439. The lowest BCUT2D eigenvalue weighted by atomic mass is 10.2. The Kier molecular flexibility index (Phi) is 8.25. The highest BCUT2D eigenvalue weighted by atomic mass is 32.1. The van der Waals surface area contributed by atoms with Gasteiger partial charge in [0.15, 0.2) is 0 Å². The van der Waals surface area contributed by atoms with E-state index in [9.17, 15) is 0 Å². The van der Waals surface area contributed by atoms with Crippen LogP contribution in [0.1, 0.15) is 36.1 Å². The van der Waals surface area contributed by atoms with E-state index in [1.165, 1.54) is 9.75 Å². The van der Waals surface area contributed by atoms with E-state index in [2.05, 4.69) is 31.3 Å². The van der Waals surface area contributed by atoms with Crippen LogP contribution in [-0.2, 0) is 15.9 Å². The fraction of sp³-hybridized carbons (Fsp3) is 0.714. The summed E-state index contributed by atoms with van der Waals surface area (Å²) < 4.78 is 10.3. The molecule has 1 N–H and O–H groups in total. The van der Waals surface area contributed by atoms with E-state index in [-0.39, 0.29) is 0 Å². The fourth-order valence-electron chi connectivity index (χ4n) is 1.65. The molecular weight excluding hydrogens is 246 g/mol. The second-order valence-electron chi connectivity index (χ2n) is 4.29. The van der Waals surface area contributed by atoms with Gasteiger partial charge in [-0.25, -0.2) is 0 Å². The largest absolute Gasteiger partial charge is 0.382 e. The minimum atomic E-state index is 0.439. The molecule has 1 aromatic heterocycles. The van der Waals surface area contributed by atoms with Gasteiger partial charge in [0.05, 0.1) is 13.2 Å². The van der Waals surface area contributed by atoms with Crippen molar-refractivity contribution in [1.29, 1.82) is 0 Å².